The summed E-state index contributed by atoms with van der Waals surface area (Å²) in [5.74, 6) is -0.902. The number of fused-ring (bicyclic) bond motifs is 1. The highest BCUT2D eigenvalue weighted by Gasteiger charge is 2.37. The van der Waals surface area contributed by atoms with Crippen LogP contribution in [-0.2, 0) is 12.0 Å². The number of non-ortho nitro benzene ring substituents is 1. The van der Waals surface area contributed by atoms with Crippen LogP contribution in [0.2, 0.25) is 0 Å². The van der Waals surface area contributed by atoms with Crippen LogP contribution in [0.15, 0.2) is 30.3 Å². The average Bonchev–Trinajstić information content (AvgIpc) is 2.81. The van der Waals surface area contributed by atoms with Gasteiger partial charge in [0.15, 0.2) is 0 Å². The zero-order valence-electron chi connectivity index (χ0n) is 16.1. The lowest BCUT2D eigenvalue weighted by atomic mass is 9.84. The first-order valence-electron chi connectivity index (χ1n) is 8.76. The molecule has 0 saturated carbocycles. The van der Waals surface area contributed by atoms with E-state index in [0.29, 0.717) is 0 Å². The molecule has 3 rings (SSSR count). The van der Waals surface area contributed by atoms with Gasteiger partial charge in [0.1, 0.15) is 0 Å². The van der Waals surface area contributed by atoms with E-state index in [1.165, 1.54) is 28.7 Å². The van der Waals surface area contributed by atoms with E-state index in [2.05, 4.69) is 32.9 Å². The average molecular weight is 366 g/mol. The van der Waals surface area contributed by atoms with E-state index >= 15 is 0 Å². The van der Waals surface area contributed by atoms with Crippen molar-refractivity contribution in [3.8, 4) is 0 Å². The van der Waals surface area contributed by atoms with Crippen molar-refractivity contribution in [2.24, 2.45) is 0 Å². The highest BCUT2D eigenvalue weighted by Crippen LogP contribution is 2.31. The topological polar surface area (TPSA) is 80.5 Å². The van der Waals surface area contributed by atoms with Gasteiger partial charge in [0, 0.05) is 12.1 Å². The molecular weight excluding hydrogens is 344 g/mol. The highest BCUT2D eigenvalue weighted by atomic mass is 16.6. The molecule has 140 valence electrons. The predicted octanol–water partition coefficient (Wildman–Crippen LogP) is 4.31. The lowest BCUT2D eigenvalue weighted by Crippen LogP contribution is -2.30. The van der Waals surface area contributed by atoms with Crippen molar-refractivity contribution in [2.75, 3.05) is 0 Å². The zero-order valence-corrected chi connectivity index (χ0v) is 16.1. The van der Waals surface area contributed by atoms with Gasteiger partial charge >= 0.3 is 0 Å². The summed E-state index contributed by atoms with van der Waals surface area (Å²) in [4.78, 5) is 37.0. The minimum atomic E-state index is -0.569. The van der Waals surface area contributed by atoms with Crippen LogP contribution >= 0.6 is 0 Å². The molecule has 0 unspecified atom stereocenters. The van der Waals surface area contributed by atoms with E-state index in [1.54, 1.807) is 0 Å². The molecule has 0 fully saturated rings. The van der Waals surface area contributed by atoms with Crippen LogP contribution in [0.3, 0.4) is 0 Å². The molecule has 0 radical (unpaired) electrons. The minimum Gasteiger partial charge on any atom is -0.270 e. The molecule has 0 saturated heterocycles. The molecule has 1 aliphatic rings. The van der Waals surface area contributed by atoms with Crippen LogP contribution in [0.5, 0.6) is 0 Å². The molecule has 2 aromatic carbocycles. The van der Waals surface area contributed by atoms with Gasteiger partial charge in [-0.15, -0.1) is 0 Å². The fraction of sp³-hybridized carbons (Fsp3) is 0.333. The normalized spacial score (nSPS) is 13.9. The number of rotatable bonds is 3. The van der Waals surface area contributed by atoms with Crippen molar-refractivity contribution < 1.29 is 14.5 Å². The Hall–Kier alpha value is -3.02. The Morgan fingerprint density at radius 3 is 2.04 bits per heavy atom. The number of imide groups is 1. The summed E-state index contributed by atoms with van der Waals surface area (Å²) in [6.45, 7) is 10.5. The number of aryl methyl sites for hydroxylation is 2. The molecule has 0 aliphatic carbocycles. The molecule has 0 aromatic heterocycles. The molecule has 0 N–H and O–H groups in total. The van der Waals surface area contributed by atoms with Gasteiger partial charge in [-0.25, -0.2) is 0 Å². The van der Waals surface area contributed by atoms with Crippen LogP contribution < -0.4 is 0 Å². The summed E-state index contributed by atoms with van der Waals surface area (Å²) in [5.41, 5.74) is 4.26. The molecule has 6 nitrogen and oxygen atoms in total. The Balaban J connectivity index is 1.97. The number of carbonyl (C=O) groups is 2. The first kappa shape index (κ1) is 18.8. The maximum atomic E-state index is 12.7. The van der Waals surface area contributed by atoms with Gasteiger partial charge < -0.3 is 0 Å². The van der Waals surface area contributed by atoms with Gasteiger partial charge in [0.05, 0.1) is 22.6 Å². The lowest BCUT2D eigenvalue weighted by Gasteiger charge is -2.24. The van der Waals surface area contributed by atoms with E-state index in [1.807, 2.05) is 13.8 Å². The maximum absolute atomic E-state index is 12.7. The zero-order chi connectivity index (χ0) is 20.1. The molecule has 0 atom stereocenters. The smallest absolute Gasteiger partial charge is 0.270 e. The van der Waals surface area contributed by atoms with Crippen molar-refractivity contribution in [2.45, 2.75) is 46.6 Å². The Bertz CT molecular complexity index is 963. The highest BCUT2D eigenvalue weighted by molar-refractivity contribution is 6.21. The third-order valence-corrected chi connectivity index (χ3v) is 5.04. The third kappa shape index (κ3) is 3.23. The number of carbonyl (C=O) groups excluding carboxylic acids is 2. The summed E-state index contributed by atoms with van der Waals surface area (Å²) in [6.07, 6.45) is 0. The molecule has 0 spiro atoms. The minimum absolute atomic E-state index is 0.00248. The van der Waals surface area contributed by atoms with E-state index in [-0.39, 0.29) is 28.8 Å². The van der Waals surface area contributed by atoms with E-state index < -0.39 is 16.7 Å². The molecule has 6 heteroatoms. The summed E-state index contributed by atoms with van der Waals surface area (Å²) in [6, 6.07) is 7.97. The van der Waals surface area contributed by atoms with Crippen LogP contribution in [0.25, 0.3) is 0 Å². The molecule has 0 bridgehead atoms. The second-order valence-corrected chi connectivity index (χ2v) is 8.02. The largest absolute Gasteiger partial charge is 0.270 e. The van der Waals surface area contributed by atoms with Gasteiger partial charge in [-0.05, 0) is 47.6 Å². The first-order chi connectivity index (χ1) is 12.5. The number of nitrogens with zero attached hydrogens (tertiary/aromatic N) is 2. The molecule has 2 aromatic rings. The van der Waals surface area contributed by atoms with E-state index in [9.17, 15) is 19.7 Å². The van der Waals surface area contributed by atoms with Crippen molar-refractivity contribution in [3.05, 3.63) is 73.8 Å². The summed E-state index contributed by atoms with van der Waals surface area (Å²) in [7, 11) is 0. The third-order valence-electron chi connectivity index (χ3n) is 5.04. The molecule has 27 heavy (non-hydrogen) atoms. The van der Waals surface area contributed by atoms with Crippen molar-refractivity contribution in [3.63, 3.8) is 0 Å². The number of hydrogen-bond donors (Lipinski definition) is 0. The van der Waals surface area contributed by atoms with Crippen molar-refractivity contribution in [1.82, 2.24) is 4.90 Å². The molecule has 1 heterocycles. The fourth-order valence-electron chi connectivity index (χ4n) is 3.37. The van der Waals surface area contributed by atoms with E-state index in [4.69, 9.17) is 0 Å². The predicted molar refractivity (Wildman–Crippen MR) is 102 cm³/mol. The van der Waals surface area contributed by atoms with Gasteiger partial charge in [-0.1, -0.05) is 32.9 Å². The van der Waals surface area contributed by atoms with Gasteiger partial charge in [-0.2, -0.15) is 0 Å². The Kier molecular flexibility index (Phi) is 4.38. The summed E-state index contributed by atoms with van der Waals surface area (Å²) in [5, 5.41) is 11.0. The molecule has 1 aliphatic heterocycles. The molecule has 2 amide bonds. The number of benzene rings is 2. The van der Waals surface area contributed by atoms with Crippen LogP contribution in [-0.4, -0.2) is 21.6 Å². The van der Waals surface area contributed by atoms with Crippen LogP contribution in [0.1, 0.15) is 63.7 Å². The lowest BCUT2D eigenvalue weighted by molar-refractivity contribution is -0.384. The number of nitro groups is 1. The molecular formula is C21H22N2O4. The number of amides is 2. The quantitative estimate of drug-likeness (QED) is 0.461. The fourth-order valence-corrected chi connectivity index (χ4v) is 3.37. The van der Waals surface area contributed by atoms with Gasteiger partial charge in [0.25, 0.3) is 17.5 Å². The Morgan fingerprint density at radius 2 is 1.52 bits per heavy atom. The van der Waals surface area contributed by atoms with Crippen LogP contribution in [0, 0.1) is 24.0 Å². The second kappa shape index (κ2) is 6.30. The first-order valence-corrected chi connectivity index (χ1v) is 8.76. The van der Waals surface area contributed by atoms with Crippen molar-refractivity contribution in [1.29, 1.82) is 0 Å². The van der Waals surface area contributed by atoms with Crippen LogP contribution in [0.4, 0.5) is 5.69 Å². The monoisotopic (exact) mass is 366 g/mol. The second-order valence-electron chi connectivity index (χ2n) is 8.02. The Labute approximate surface area is 158 Å². The SMILES string of the molecule is Cc1cc(C(C)(C)C)cc(C)c1CN1C(=O)c2ccc([N+](=O)[O-])cc2C1=O. The number of hydrogen-bond acceptors (Lipinski definition) is 4. The maximum Gasteiger partial charge on any atom is 0.270 e. The van der Waals surface area contributed by atoms with Gasteiger partial charge in [-0.3, -0.25) is 24.6 Å². The number of nitro benzene ring substituents is 1. The van der Waals surface area contributed by atoms with Crippen molar-refractivity contribution >= 4 is 17.5 Å². The standard InChI is InChI=1S/C21H22N2O4/c1-12-8-14(21(3,4)5)9-13(2)18(12)11-22-19(24)16-7-6-15(23(26)27)10-17(16)20(22)25/h6-10H,11H2,1-5H3. The summed E-state index contributed by atoms with van der Waals surface area (Å²) < 4.78 is 0. The Morgan fingerprint density at radius 1 is 0.963 bits per heavy atom. The summed E-state index contributed by atoms with van der Waals surface area (Å²) >= 11 is 0. The van der Waals surface area contributed by atoms with E-state index in [0.717, 1.165) is 16.7 Å². The van der Waals surface area contributed by atoms with Gasteiger partial charge in [0.2, 0.25) is 0 Å².